The van der Waals surface area contributed by atoms with Gasteiger partial charge in [0.25, 0.3) is 5.56 Å². The van der Waals surface area contributed by atoms with E-state index in [1.165, 1.54) is 11.3 Å². The molecule has 0 fully saturated rings. The SMILES string of the molecule is COc1cc(-n2cnc3cc(-c4ccc(Cl)cc4)sc3c2=O)ccc1C. The molecule has 0 radical (unpaired) electrons. The number of methoxy groups -OCH3 is 1. The molecule has 0 atom stereocenters. The van der Waals surface area contributed by atoms with Crippen molar-refractivity contribution >= 4 is 33.2 Å². The van der Waals surface area contributed by atoms with Crippen molar-refractivity contribution in [3.05, 3.63) is 75.8 Å². The standard InChI is InChI=1S/C20H15ClN2O2S/c1-12-3-8-15(9-17(12)25-2)23-11-22-16-10-18(26-19(16)20(23)24)13-4-6-14(21)7-5-13/h3-11H,1-2H3. The molecule has 2 aromatic carbocycles. The molecule has 4 aromatic rings. The minimum absolute atomic E-state index is 0.0916. The van der Waals surface area contributed by atoms with Gasteiger partial charge in [-0.15, -0.1) is 11.3 Å². The maximum Gasteiger partial charge on any atom is 0.275 e. The lowest BCUT2D eigenvalue weighted by atomic mass is 10.2. The normalized spacial score (nSPS) is 11.0. The molecule has 0 aliphatic heterocycles. The van der Waals surface area contributed by atoms with Crippen LogP contribution < -0.4 is 10.3 Å². The predicted octanol–water partition coefficient (Wildman–Crippen LogP) is 5.08. The van der Waals surface area contributed by atoms with Gasteiger partial charge in [0, 0.05) is 16.0 Å². The summed E-state index contributed by atoms with van der Waals surface area (Å²) in [6.45, 7) is 1.96. The third kappa shape index (κ3) is 2.89. The van der Waals surface area contributed by atoms with Gasteiger partial charge in [-0.25, -0.2) is 4.98 Å². The van der Waals surface area contributed by atoms with E-state index in [4.69, 9.17) is 16.3 Å². The smallest absolute Gasteiger partial charge is 0.275 e. The molecule has 26 heavy (non-hydrogen) atoms. The van der Waals surface area contributed by atoms with E-state index < -0.39 is 0 Å². The molecule has 2 aromatic heterocycles. The Hall–Kier alpha value is -2.63. The maximum absolute atomic E-state index is 13.0. The Morgan fingerprint density at radius 3 is 2.62 bits per heavy atom. The summed E-state index contributed by atoms with van der Waals surface area (Å²) in [5.74, 6) is 0.738. The van der Waals surface area contributed by atoms with Crippen molar-refractivity contribution in [3.8, 4) is 21.9 Å². The van der Waals surface area contributed by atoms with Crippen molar-refractivity contribution in [2.75, 3.05) is 7.11 Å². The van der Waals surface area contributed by atoms with E-state index in [1.807, 2.05) is 55.5 Å². The van der Waals surface area contributed by atoms with Crippen LogP contribution >= 0.6 is 22.9 Å². The molecule has 4 nitrogen and oxygen atoms in total. The second kappa shape index (κ2) is 6.59. The third-order valence-corrected chi connectivity index (χ3v) is 5.65. The van der Waals surface area contributed by atoms with Crippen LogP contribution in [0.4, 0.5) is 0 Å². The monoisotopic (exact) mass is 382 g/mol. The summed E-state index contributed by atoms with van der Waals surface area (Å²) >= 11 is 7.39. The van der Waals surface area contributed by atoms with E-state index in [1.54, 1.807) is 18.0 Å². The Bertz CT molecular complexity index is 1160. The zero-order valence-electron chi connectivity index (χ0n) is 14.2. The molecule has 6 heteroatoms. The van der Waals surface area contributed by atoms with Crippen LogP contribution in [0.3, 0.4) is 0 Å². The Balaban J connectivity index is 1.85. The Kier molecular flexibility index (Phi) is 4.26. The van der Waals surface area contributed by atoms with Gasteiger partial charge in [0.15, 0.2) is 0 Å². The molecule has 0 unspecified atom stereocenters. The van der Waals surface area contributed by atoms with Gasteiger partial charge in [-0.05, 0) is 42.3 Å². The molecule has 2 heterocycles. The fraction of sp³-hybridized carbons (Fsp3) is 0.100. The van der Waals surface area contributed by atoms with Gasteiger partial charge in [0.1, 0.15) is 16.8 Å². The van der Waals surface area contributed by atoms with Gasteiger partial charge in [-0.2, -0.15) is 0 Å². The molecule has 0 spiro atoms. The number of thiophene rings is 1. The van der Waals surface area contributed by atoms with E-state index in [0.29, 0.717) is 15.2 Å². The van der Waals surface area contributed by atoms with Crippen LogP contribution in [0.15, 0.2) is 59.7 Å². The zero-order chi connectivity index (χ0) is 18.3. The Labute approximate surface area is 159 Å². The molecule has 0 aliphatic carbocycles. The molecule has 0 saturated heterocycles. The van der Waals surface area contributed by atoms with Crippen LogP contribution in [0.25, 0.3) is 26.3 Å². The summed E-state index contributed by atoms with van der Waals surface area (Å²) in [6.07, 6.45) is 1.56. The molecule has 0 bridgehead atoms. The highest BCUT2D eigenvalue weighted by Gasteiger charge is 2.12. The maximum atomic E-state index is 13.0. The van der Waals surface area contributed by atoms with Crippen LogP contribution in [-0.4, -0.2) is 16.7 Å². The lowest BCUT2D eigenvalue weighted by Crippen LogP contribution is -2.17. The topological polar surface area (TPSA) is 44.1 Å². The molecule has 0 amide bonds. The second-order valence-electron chi connectivity index (χ2n) is 5.91. The first-order valence-electron chi connectivity index (χ1n) is 7.99. The van der Waals surface area contributed by atoms with Gasteiger partial charge in [0.05, 0.1) is 18.3 Å². The van der Waals surface area contributed by atoms with E-state index in [-0.39, 0.29) is 5.56 Å². The number of aromatic nitrogens is 2. The summed E-state index contributed by atoms with van der Waals surface area (Å²) in [5.41, 5.74) is 3.36. The number of hydrogen-bond donors (Lipinski definition) is 0. The first-order valence-corrected chi connectivity index (χ1v) is 9.18. The molecule has 0 aliphatic rings. The van der Waals surface area contributed by atoms with Gasteiger partial charge in [-0.3, -0.25) is 9.36 Å². The van der Waals surface area contributed by atoms with Crippen molar-refractivity contribution in [3.63, 3.8) is 0 Å². The minimum Gasteiger partial charge on any atom is -0.496 e. The highest BCUT2D eigenvalue weighted by molar-refractivity contribution is 7.22. The summed E-state index contributed by atoms with van der Waals surface area (Å²) in [5, 5.41) is 0.684. The quantitative estimate of drug-likeness (QED) is 0.496. The Morgan fingerprint density at radius 2 is 1.88 bits per heavy atom. The molecule has 0 saturated carbocycles. The van der Waals surface area contributed by atoms with E-state index >= 15 is 0 Å². The summed E-state index contributed by atoms with van der Waals surface area (Å²) < 4.78 is 7.53. The number of fused-ring (bicyclic) bond motifs is 1. The predicted molar refractivity (Wildman–Crippen MR) is 107 cm³/mol. The first kappa shape index (κ1) is 16.8. The third-order valence-electron chi connectivity index (χ3n) is 4.24. The average Bonchev–Trinajstić information content (AvgIpc) is 3.08. The molecular weight excluding hydrogens is 368 g/mol. The van der Waals surface area contributed by atoms with Gasteiger partial charge < -0.3 is 4.74 Å². The summed E-state index contributed by atoms with van der Waals surface area (Å²) in [7, 11) is 1.62. The molecule has 4 rings (SSSR count). The highest BCUT2D eigenvalue weighted by atomic mass is 35.5. The van der Waals surface area contributed by atoms with Crippen LogP contribution in [0, 0.1) is 6.92 Å². The van der Waals surface area contributed by atoms with Crippen LogP contribution in [0.5, 0.6) is 5.75 Å². The minimum atomic E-state index is -0.0916. The van der Waals surface area contributed by atoms with Crippen LogP contribution in [-0.2, 0) is 0 Å². The van der Waals surface area contributed by atoms with E-state index in [9.17, 15) is 4.79 Å². The fourth-order valence-electron chi connectivity index (χ4n) is 2.81. The number of benzene rings is 2. The number of rotatable bonds is 3. The number of halogens is 1. The first-order chi connectivity index (χ1) is 12.6. The summed E-state index contributed by atoms with van der Waals surface area (Å²) in [6, 6.07) is 15.2. The highest BCUT2D eigenvalue weighted by Crippen LogP contribution is 2.31. The van der Waals surface area contributed by atoms with Crippen molar-refractivity contribution in [2.45, 2.75) is 6.92 Å². The number of nitrogens with zero attached hydrogens (tertiary/aromatic N) is 2. The number of ether oxygens (including phenoxy) is 1. The van der Waals surface area contributed by atoms with Gasteiger partial charge in [-0.1, -0.05) is 29.8 Å². The van der Waals surface area contributed by atoms with Crippen molar-refractivity contribution in [1.29, 1.82) is 0 Å². The molecule has 130 valence electrons. The van der Waals surface area contributed by atoms with Crippen LogP contribution in [0.1, 0.15) is 5.56 Å². The lowest BCUT2D eigenvalue weighted by molar-refractivity contribution is 0.411. The van der Waals surface area contributed by atoms with Crippen molar-refractivity contribution in [2.24, 2.45) is 0 Å². The van der Waals surface area contributed by atoms with Crippen LogP contribution in [0.2, 0.25) is 5.02 Å². The fourth-order valence-corrected chi connectivity index (χ4v) is 3.98. The van der Waals surface area contributed by atoms with Crippen molar-refractivity contribution in [1.82, 2.24) is 9.55 Å². The number of hydrogen-bond acceptors (Lipinski definition) is 4. The number of aryl methyl sites for hydroxylation is 1. The Morgan fingerprint density at radius 1 is 1.12 bits per heavy atom. The van der Waals surface area contributed by atoms with E-state index in [0.717, 1.165) is 27.4 Å². The average molecular weight is 383 g/mol. The largest absolute Gasteiger partial charge is 0.496 e. The molecular formula is C20H15ClN2O2S. The van der Waals surface area contributed by atoms with Crippen molar-refractivity contribution < 1.29 is 4.74 Å². The zero-order valence-corrected chi connectivity index (χ0v) is 15.8. The lowest BCUT2D eigenvalue weighted by Gasteiger charge is -2.09. The second-order valence-corrected chi connectivity index (χ2v) is 7.39. The molecule has 0 N–H and O–H groups in total. The van der Waals surface area contributed by atoms with Gasteiger partial charge in [0.2, 0.25) is 0 Å². The van der Waals surface area contributed by atoms with Gasteiger partial charge >= 0.3 is 0 Å². The summed E-state index contributed by atoms with van der Waals surface area (Å²) in [4.78, 5) is 18.4. The van der Waals surface area contributed by atoms with E-state index in [2.05, 4.69) is 4.98 Å².